The maximum Gasteiger partial charge on any atom is 0.313 e. The van der Waals surface area contributed by atoms with E-state index in [-0.39, 0.29) is 6.04 Å². The maximum absolute atomic E-state index is 11.8. The Kier molecular flexibility index (Phi) is 5.83. The largest absolute Gasteiger partial charge is 0.497 e. The van der Waals surface area contributed by atoms with Crippen molar-refractivity contribution in [2.24, 2.45) is 0 Å². The molecule has 0 fully saturated rings. The van der Waals surface area contributed by atoms with Crippen LogP contribution in [0.1, 0.15) is 20.3 Å². The molecule has 0 saturated carbocycles. The van der Waals surface area contributed by atoms with Gasteiger partial charge < -0.3 is 20.1 Å². The number of ether oxygens (including phenoxy) is 2. The Labute approximate surface area is 118 Å². The lowest BCUT2D eigenvalue weighted by Gasteiger charge is -2.13. The van der Waals surface area contributed by atoms with Crippen molar-refractivity contribution in [3.8, 4) is 11.5 Å². The van der Waals surface area contributed by atoms with E-state index in [1.54, 1.807) is 18.2 Å². The van der Waals surface area contributed by atoms with Gasteiger partial charge in [0.15, 0.2) is 0 Å². The van der Waals surface area contributed by atoms with Crippen LogP contribution in [0.15, 0.2) is 18.2 Å². The third kappa shape index (κ3) is 4.15. The number of rotatable bonds is 5. The fraction of sp³-hybridized carbons (Fsp3) is 0.429. The van der Waals surface area contributed by atoms with Gasteiger partial charge in [0.2, 0.25) is 0 Å². The summed E-state index contributed by atoms with van der Waals surface area (Å²) in [6.45, 7) is 3.76. The average molecular weight is 280 g/mol. The molecule has 0 aromatic heterocycles. The van der Waals surface area contributed by atoms with E-state index < -0.39 is 11.8 Å². The predicted molar refractivity (Wildman–Crippen MR) is 76.1 cm³/mol. The topological polar surface area (TPSA) is 76.7 Å². The van der Waals surface area contributed by atoms with E-state index in [0.717, 1.165) is 6.42 Å². The van der Waals surface area contributed by atoms with Gasteiger partial charge in [0.05, 0.1) is 19.9 Å². The molecule has 1 aromatic carbocycles. The molecular weight excluding hydrogens is 260 g/mol. The van der Waals surface area contributed by atoms with Crippen LogP contribution in [0.4, 0.5) is 5.69 Å². The van der Waals surface area contributed by atoms with Gasteiger partial charge in [-0.05, 0) is 25.5 Å². The van der Waals surface area contributed by atoms with E-state index in [4.69, 9.17) is 9.47 Å². The van der Waals surface area contributed by atoms with E-state index in [1.807, 2.05) is 13.8 Å². The van der Waals surface area contributed by atoms with Gasteiger partial charge in [-0.1, -0.05) is 6.92 Å². The van der Waals surface area contributed by atoms with Gasteiger partial charge in [0, 0.05) is 12.1 Å². The Hall–Kier alpha value is -2.24. The van der Waals surface area contributed by atoms with Gasteiger partial charge >= 0.3 is 11.8 Å². The van der Waals surface area contributed by atoms with Crippen molar-refractivity contribution in [1.82, 2.24) is 5.32 Å². The van der Waals surface area contributed by atoms with Crippen molar-refractivity contribution in [2.75, 3.05) is 19.5 Å². The standard InChI is InChI=1S/C14H20N2O4/c1-5-9(2)15-13(17)14(18)16-11-8-10(19-3)6-7-12(11)20-4/h6-9H,5H2,1-4H3,(H,15,17)(H,16,18). The molecule has 1 rings (SSSR count). The van der Waals surface area contributed by atoms with Crippen LogP contribution in [0, 0.1) is 0 Å². The van der Waals surface area contributed by atoms with Gasteiger partial charge in [-0.15, -0.1) is 0 Å². The van der Waals surface area contributed by atoms with Crippen LogP contribution in [-0.2, 0) is 9.59 Å². The smallest absolute Gasteiger partial charge is 0.313 e. The number of nitrogens with one attached hydrogen (secondary N) is 2. The van der Waals surface area contributed by atoms with Gasteiger partial charge in [0.25, 0.3) is 0 Å². The van der Waals surface area contributed by atoms with Gasteiger partial charge in [0.1, 0.15) is 11.5 Å². The van der Waals surface area contributed by atoms with Gasteiger partial charge in [-0.25, -0.2) is 0 Å². The normalized spacial score (nSPS) is 11.4. The molecular formula is C14H20N2O4. The van der Waals surface area contributed by atoms with Crippen molar-refractivity contribution < 1.29 is 19.1 Å². The molecule has 0 spiro atoms. The summed E-state index contributed by atoms with van der Waals surface area (Å²) in [5, 5.41) is 5.10. The lowest BCUT2D eigenvalue weighted by atomic mass is 10.2. The second kappa shape index (κ2) is 7.37. The van der Waals surface area contributed by atoms with Crippen molar-refractivity contribution in [1.29, 1.82) is 0 Å². The molecule has 1 atom stereocenters. The van der Waals surface area contributed by atoms with Crippen molar-refractivity contribution in [3.63, 3.8) is 0 Å². The molecule has 6 nitrogen and oxygen atoms in total. The first-order chi connectivity index (χ1) is 9.51. The summed E-state index contributed by atoms with van der Waals surface area (Å²) < 4.78 is 10.2. The van der Waals surface area contributed by atoms with Crippen LogP contribution in [0.3, 0.4) is 0 Å². The van der Waals surface area contributed by atoms with Crippen molar-refractivity contribution >= 4 is 17.5 Å². The number of carbonyl (C=O) groups is 2. The number of carbonyl (C=O) groups excluding carboxylic acids is 2. The first kappa shape index (κ1) is 15.8. The number of hydrogen-bond donors (Lipinski definition) is 2. The minimum absolute atomic E-state index is 0.0551. The number of hydrogen-bond acceptors (Lipinski definition) is 4. The molecule has 0 saturated heterocycles. The highest BCUT2D eigenvalue weighted by Crippen LogP contribution is 2.28. The van der Waals surface area contributed by atoms with Gasteiger partial charge in [-0.2, -0.15) is 0 Å². The van der Waals surface area contributed by atoms with E-state index >= 15 is 0 Å². The molecule has 0 bridgehead atoms. The number of anilines is 1. The third-order valence-electron chi connectivity index (χ3n) is 2.85. The van der Waals surface area contributed by atoms with Crippen LogP contribution >= 0.6 is 0 Å². The predicted octanol–water partition coefficient (Wildman–Crippen LogP) is 1.56. The monoisotopic (exact) mass is 280 g/mol. The van der Waals surface area contributed by atoms with Crippen LogP contribution in [0.2, 0.25) is 0 Å². The molecule has 0 aliphatic rings. The van der Waals surface area contributed by atoms with Crippen molar-refractivity contribution in [3.05, 3.63) is 18.2 Å². The van der Waals surface area contributed by atoms with Crippen LogP contribution in [0.25, 0.3) is 0 Å². The van der Waals surface area contributed by atoms with E-state index in [9.17, 15) is 9.59 Å². The molecule has 2 N–H and O–H groups in total. The zero-order valence-corrected chi connectivity index (χ0v) is 12.1. The molecule has 1 aromatic rings. The Balaban J connectivity index is 2.81. The summed E-state index contributed by atoms with van der Waals surface area (Å²) in [5.74, 6) is -0.403. The molecule has 2 amide bonds. The summed E-state index contributed by atoms with van der Waals surface area (Å²) in [5.41, 5.74) is 0.385. The number of amides is 2. The maximum atomic E-state index is 11.8. The molecule has 0 aliphatic heterocycles. The summed E-state index contributed by atoms with van der Waals surface area (Å²) in [4.78, 5) is 23.5. The Morgan fingerprint density at radius 3 is 2.45 bits per heavy atom. The second-order valence-electron chi connectivity index (χ2n) is 4.30. The molecule has 1 unspecified atom stereocenters. The minimum Gasteiger partial charge on any atom is -0.497 e. The molecule has 6 heteroatoms. The first-order valence-corrected chi connectivity index (χ1v) is 6.35. The lowest BCUT2D eigenvalue weighted by molar-refractivity contribution is -0.136. The van der Waals surface area contributed by atoms with E-state index in [2.05, 4.69) is 10.6 Å². The van der Waals surface area contributed by atoms with Crippen molar-refractivity contribution in [2.45, 2.75) is 26.3 Å². The summed E-state index contributed by atoms with van der Waals surface area (Å²) in [6.07, 6.45) is 0.751. The minimum atomic E-state index is -0.739. The van der Waals surface area contributed by atoms with Crippen LogP contribution in [0.5, 0.6) is 11.5 Å². The molecule has 0 aliphatic carbocycles. The quantitative estimate of drug-likeness (QED) is 0.802. The Bertz CT molecular complexity index is 488. The Morgan fingerprint density at radius 2 is 1.90 bits per heavy atom. The molecule has 0 heterocycles. The zero-order valence-electron chi connectivity index (χ0n) is 12.1. The highest BCUT2D eigenvalue weighted by atomic mass is 16.5. The van der Waals surface area contributed by atoms with Gasteiger partial charge in [-0.3, -0.25) is 9.59 Å². The van der Waals surface area contributed by atoms with E-state index in [0.29, 0.717) is 17.2 Å². The zero-order chi connectivity index (χ0) is 15.1. The number of methoxy groups -OCH3 is 2. The third-order valence-corrected chi connectivity index (χ3v) is 2.85. The molecule has 0 radical (unpaired) electrons. The molecule has 110 valence electrons. The highest BCUT2D eigenvalue weighted by Gasteiger charge is 2.17. The first-order valence-electron chi connectivity index (χ1n) is 6.35. The van der Waals surface area contributed by atoms with Crippen LogP contribution < -0.4 is 20.1 Å². The fourth-order valence-electron chi connectivity index (χ4n) is 1.48. The Morgan fingerprint density at radius 1 is 1.20 bits per heavy atom. The second-order valence-corrected chi connectivity index (χ2v) is 4.30. The summed E-state index contributed by atoms with van der Waals surface area (Å²) in [7, 11) is 3.00. The van der Waals surface area contributed by atoms with E-state index in [1.165, 1.54) is 14.2 Å². The van der Waals surface area contributed by atoms with Crippen LogP contribution in [-0.4, -0.2) is 32.1 Å². The summed E-state index contributed by atoms with van der Waals surface area (Å²) >= 11 is 0. The SMILES string of the molecule is CCC(C)NC(=O)C(=O)Nc1cc(OC)ccc1OC. The highest BCUT2D eigenvalue weighted by molar-refractivity contribution is 6.39. The fourth-order valence-corrected chi connectivity index (χ4v) is 1.48. The molecule has 20 heavy (non-hydrogen) atoms. The summed E-state index contributed by atoms with van der Waals surface area (Å²) in [6, 6.07) is 4.89. The number of benzene rings is 1. The average Bonchev–Trinajstić information content (AvgIpc) is 2.46. The lowest BCUT2D eigenvalue weighted by Crippen LogP contribution is -2.40.